The van der Waals surface area contributed by atoms with Gasteiger partial charge in [0.05, 0.1) is 27.2 Å². The Morgan fingerprint density at radius 1 is 0.833 bits per heavy atom. The number of hydrogen-bond acceptors (Lipinski definition) is 0. The Bertz CT molecular complexity index is 303. The Labute approximate surface area is 113 Å². The van der Waals surface area contributed by atoms with E-state index in [1.165, 1.54) is 61.7 Å². The van der Waals surface area contributed by atoms with Crippen LogP contribution in [-0.2, 0) is 6.42 Å². The van der Waals surface area contributed by atoms with E-state index >= 15 is 0 Å². The van der Waals surface area contributed by atoms with E-state index in [0.29, 0.717) is 0 Å². The van der Waals surface area contributed by atoms with Crippen molar-refractivity contribution in [3.8, 4) is 0 Å². The minimum Gasteiger partial charge on any atom is -0.328 e. The lowest BCUT2D eigenvalue weighted by molar-refractivity contribution is -0.890. The molecule has 0 saturated heterocycles. The summed E-state index contributed by atoms with van der Waals surface area (Å²) in [6.07, 6.45) is 8.02. The Hall–Kier alpha value is -0.820. The van der Waals surface area contributed by atoms with Gasteiger partial charge in [0, 0.05) is 6.42 Å². The van der Waals surface area contributed by atoms with Crippen LogP contribution >= 0.6 is 0 Å². The van der Waals surface area contributed by atoms with Crippen molar-refractivity contribution in [1.82, 2.24) is 0 Å². The van der Waals surface area contributed by atoms with Gasteiger partial charge in [-0.1, -0.05) is 50.1 Å². The summed E-state index contributed by atoms with van der Waals surface area (Å²) in [5.74, 6) is 0. The number of rotatable bonds is 9. The molecule has 1 heteroatoms. The predicted molar refractivity (Wildman–Crippen MR) is 80.7 cm³/mol. The van der Waals surface area contributed by atoms with Crippen LogP contribution in [0.2, 0.25) is 0 Å². The van der Waals surface area contributed by atoms with Crippen LogP contribution in [-0.4, -0.2) is 31.7 Å². The van der Waals surface area contributed by atoms with E-state index in [0.717, 1.165) is 0 Å². The summed E-state index contributed by atoms with van der Waals surface area (Å²) < 4.78 is 1.18. The van der Waals surface area contributed by atoms with Gasteiger partial charge in [-0.05, 0) is 24.8 Å². The Morgan fingerprint density at radius 3 is 2.17 bits per heavy atom. The number of aryl methyl sites for hydroxylation is 1. The fraction of sp³-hybridized carbons (Fsp3) is 0.647. The molecule has 0 unspecified atom stereocenters. The molecule has 0 heterocycles. The molecule has 0 radical (unpaired) electrons. The summed E-state index contributed by atoms with van der Waals surface area (Å²) in [5.41, 5.74) is 1.48. The Morgan fingerprint density at radius 2 is 1.50 bits per heavy atom. The fourth-order valence-corrected chi connectivity index (χ4v) is 2.43. The normalized spacial score (nSPS) is 11.7. The predicted octanol–water partition coefficient (Wildman–Crippen LogP) is 4.28. The number of nitrogens with zero attached hydrogens (tertiary/aromatic N) is 1. The Balaban J connectivity index is 2.16. The van der Waals surface area contributed by atoms with Gasteiger partial charge in [-0.15, -0.1) is 0 Å². The SMILES string of the molecule is CCCCCC[N+](C)(C)CCCc1ccccc1. The molecule has 1 aromatic rings. The van der Waals surface area contributed by atoms with E-state index in [-0.39, 0.29) is 0 Å². The highest BCUT2D eigenvalue weighted by Gasteiger charge is 2.13. The van der Waals surface area contributed by atoms with Gasteiger partial charge >= 0.3 is 0 Å². The van der Waals surface area contributed by atoms with Crippen LogP contribution in [0.1, 0.15) is 44.6 Å². The summed E-state index contributed by atoms with van der Waals surface area (Å²) >= 11 is 0. The average molecular weight is 248 g/mol. The summed E-state index contributed by atoms with van der Waals surface area (Å²) in [7, 11) is 4.74. The van der Waals surface area contributed by atoms with Gasteiger partial charge in [0.2, 0.25) is 0 Å². The highest BCUT2D eigenvalue weighted by Crippen LogP contribution is 2.09. The molecule has 0 atom stereocenters. The van der Waals surface area contributed by atoms with Gasteiger partial charge in [0.1, 0.15) is 0 Å². The summed E-state index contributed by atoms with van der Waals surface area (Å²) in [6.45, 7) is 4.90. The largest absolute Gasteiger partial charge is 0.328 e. The van der Waals surface area contributed by atoms with E-state index in [1.54, 1.807) is 0 Å². The van der Waals surface area contributed by atoms with Crippen LogP contribution in [0, 0.1) is 0 Å². The second kappa shape index (κ2) is 8.31. The van der Waals surface area contributed by atoms with Gasteiger partial charge in [0.25, 0.3) is 0 Å². The first kappa shape index (κ1) is 15.2. The monoisotopic (exact) mass is 248 g/mol. The Kier molecular flexibility index (Phi) is 7.04. The molecule has 0 aromatic heterocycles. The zero-order chi connectivity index (χ0) is 13.3. The van der Waals surface area contributed by atoms with Crippen LogP contribution in [0.5, 0.6) is 0 Å². The van der Waals surface area contributed by atoms with Crippen molar-refractivity contribution in [2.45, 2.75) is 45.4 Å². The molecule has 0 aliphatic carbocycles. The lowest BCUT2D eigenvalue weighted by atomic mass is 10.1. The molecule has 1 rings (SSSR count). The lowest BCUT2D eigenvalue weighted by Crippen LogP contribution is -2.41. The molecule has 0 saturated carbocycles. The number of hydrogen-bond donors (Lipinski definition) is 0. The van der Waals surface area contributed by atoms with Crippen molar-refractivity contribution in [2.75, 3.05) is 27.2 Å². The third kappa shape index (κ3) is 6.80. The maximum Gasteiger partial charge on any atom is 0.0785 e. The molecule has 0 aliphatic heterocycles. The van der Waals surface area contributed by atoms with Crippen molar-refractivity contribution >= 4 is 0 Å². The maximum absolute atomic E-state index is 2.37. The first-order chi connectivity index (χ1) is 8.64. The molecule has 0 amide bonds. The number of unbranched alkanes of at least 4 members (excludes halogenated alkanes) is 3. The zero-order valence-corrected chi connectivity index (χ0v) is 12.5. The molecule has 0 aliphatic rings. The second-order valence-electron chi connectivity index (χ2n) is 6.03. The number of benzene rings is 1. The molecule has 0 bridgehead atoms. The van der Waals surface area contributed by atoms with E-state index in [4.69, 9.17) is 0 Å². The van der Waals surface area contributed by atoms with Gasteiger partial charge in [-0.25, -0.2) is 0 Å². The second-order valence-corrected chi connectivity index (χ2v) is 6.03. The molecule has 18 heavy (non-hydrogen) atoms. The van der Waals surface area contributed by atoms with Gasteiger partial charge in [-0.3, -0.25) is 0 Å². The van der Waals surface area contributed by atoms with E-state index < -0.39 is 0 Å². The molecular weight excluding hydrogens is 218 g/mol. The van der Waals surface area contributed by atoms with Crippen molar-refractivity contribution in [2.24, 2.45) is 0 Å². The van der Waals surface area contributed by atoms with Gasteiger partial charge < -0.3 is 4.48 Å². The van der Waals surface area contributed by atoms with Crippen LogP contribution in [0.4, 0.5) is 0 Å². The van der Waals surface area contributed by atoms with Gasteiger partial charge in [0.15, 0.2) is 0 Å². The molecule has 0 N–H and O–H groups in total. The van der Waals surface area contributed by atoms with E-state index in [2.05, 4.69) is 51.4 Å². The summed E-state index contributed by atoms with van der Waals surface area (Å²) in [6, 6.07) is 10.8. The first-order valence-electron chi connectivity index (χ1n) is 7.50. The van der Waals surface area contributed by atoms with Crippen LogP contribution < -0.4 is 0 Å². The summed E-state index contributed by atoms with van der Waals surface area (Å²) in [4.78, 5) is 0. The third-order valence-electron chi connectivity index (χ3n) is 3.69. The minimum absolute atomic E-state index is 1.18. The smallest absolute Gasteiger partial charge is 0.0785 e. The summed E-state index contributed by atoms with van der Waals surface area (Å²) in [5, 5.41) is 0. The molecular formula is C17H30N+. The van der Waals surface area contributed by atoms with Crippen molar-refractivity contribution < 1.29 is 4.48 Å². The fourth-order valence-electron chi connectivity index (χ4n) is 2.43. The van der Waals surface area contributed by atoms with E-state index in [1.807, 2.05) is 0 Å². The number of quaternary nitrogens is 1. The molecule has 1 nitrogen and oxygen atoms in total. The average Bonchev–Trinajstić information content (AvgIpc) is 2.36. The topological polar surface area (TPSA) is 0 Å². The lowest BCUT2D eigenvalue weighted by Gasteiger charge is -2.30. The first-order valence-corrected chi connectivity index (χ1v) is 7.50. The standard InChI is InChI=1S/C17H30N/c1-4-5-6-10-15-18(2,3)16-11-14-17-12-8-7-9-13-17/h7-9,12-13H,4-6,10-11,14-16H2,1-3H3/q+1. The van der Waals surface area contributed by atoms with Crippen molar-refractivity contribution in [3.05, 3.63) is 35.9 Å². The highest BCUT2D eigenvalue weighted by molar-refractivity contribution is 5.14. The molecule has 1 aromatic carbocycles. The van der Waals surface area contributed by atoms with Crippen LogP contribution in [0.3, 0.4) is 0 Å². The molecule has 0 fully saturated rings. The van der Waals surface area contributed by atoms with Crippen LogP contribution in [0.15, 0.2) is 30.3 Å². The van der Waals surface area contributed by atoms with Crippen molar-refractivity contribution in [1.29, 1.82) is 0 Å². The van der Waals surface area contributed by atoms with Crippen molar-refractivity contribution in [3.63, 3.8) is 0 Å². The maximum atomic E-state index is 2.37. The van der Waals surface area contributed by atoms with Crippen LogP contribution in [0.25, 0.3) is 0 Å². The quantitative estimate of drug-likeness (QED) is 0.452. The molecule has 102 valence electrons. The third-order valence-corrected chi connectivity index (χ3v) is 3.69. The minimum atomic E-state index is 1.18. The van der Waals surface area contributed by atoms with E-state index in [9.17, 15) is 0 Å². The zero-order valence-electron chi connectivity index (χ0n) is 12.5. The highest BCUT2D eigenvalue weighted by atomic mass is 15.3. The van der Waals surface area contributed by atoms with Gasteiger partial charge in [-0.2, -0.15) is 0 Å². The molecule has 0 spiro atoms.